The summed E-state index contributed by atoms with van der Waals surface area (Å²) in [6.45, 7) is 3.83. The Morgan fingerprint density at radius 2 is 1.89 bits per heavy atom. The second kappa shape index (κ2) is 8.30. The molecule has 0 radical (unpaired) electrons. The van der Waals surface area contributed by atoms with Gasteiger partial charge in [-0.15, -0.1) is 0 Å². The summed E-state index contributed by atoms with van der Waals surface area (Å²) in [5.74, 6) is 1.25. The summed E-state index contributed by atoms with van der Waals surface area (Å²) >= 11 is 0. The molecule has 4 heteroatoms. The third kappa shape index (κ3) is 5.01. The molecule has 1 aromatic heterocycles. The Balaban J connectivity index is 1.46. The van der Waals surface area contributed by atoms with Crippen molar-refractivity contribution in [3.63, 3.8) is 0 Å². The van der Waals surface area contributed by atoms with Gasteiger partial charge in [-0.25, -0.2) is 0 Å². The van der Waals surface area contributed by atoms with Crippen LogP contribution in [0.15, 0.2) is 40.8 Å². The van der Waals surface area contributed by atoms with E-state index in [1.165, 1.54) is 43.2 Å². The Kier molecular flexibility index (Phi) is 5.63. The molecule has 1 heterocycles. The molecule has 27 heavy (non-hydrogen) atoms. The lowest BCUT2D eigenvalue weighted by molar-refractivity contribution is 0.0913. The van der Waals surface area contributed by atoms with Crippen LogP contribution in [0.25, 0.3) is 0 Å². The number of amides is 1. The summed E-state index contributed by atoms with van der Waals surface area (Å²) in [4.78, 5) is 14.7. The first kappa shape index (κ1) is 18.3. The van der Waals surface area contributed by atoms with Crippen molar-refractivity contribution in [2.75, 3.05) is 0 Å². The summed E-state index contributed by atoms with van der Waals surface area (Å²) < 4.78 is 5.90. The van der Waals surface area contributed by atoms with Gasteiger partial charge < -0.3 is 9.73 Å². The van der Waals surface area contributed by atoms with E-state index in [0.29, 0.717) is 17.8 Å². The van der Waals surface area contributed by atoms with E-state index >= 15 is 0 Å². The number of nitrogens with one attached hydrogen (secondary N) is 1. The van der Waals surface area contributed by atoms with Gasteiger partial charge >= 0.3 is 0 Å². The van der Waals surface area contributed by atoms with Crippen molar-refractivity contribution in [3.8, 4) is 0 Å². The zero-order chi connectivity index (χ0) is 18.6. The summed E-state index contributed by atoms with van der Waals surface area (Å²) in [6.07, 6.45) is 8.64. The molecule has 2 aliphatic carbocycles. The molecule has 2 fully saturated rings. The number of carbonyl (C=O) groups excluding carboxylic acids is 1. The third-order valence-corrected chi connectivity index (χ3v) is 5.72. The minimum absolute atomic E-state index is 0.0772. The van der Waals surface area contributed by atoms with Crippen LogP contribution in [0.5, 0.6) is 0 Å². The molecule has 1 aromatic carbocycles. The molecule has 0 saturated heterocycles. The van der Waals surface area contributed by atoms with E-state index in [0.717, 1.165) is 31.7 Å². The van der Waals surface area contributed by atoms with Crippen molar-refractivity contribution in [1.82, 2.24) is 10.2 Å². The van der Waals surface area contributed by atoms with Crippen LogP contribution >= 0.6 is 0 Å². The Morgan fingerprint density at radius 3 is 2.63 bits per heavy atom. The fourth-order valence-electron chi connectivity index (χ4n) is 4.07. The minimum atomic E-state index is -0.0772. The van der Waals surface area contributed by atoms with Gasteiger partial charge in [0.1, 0.15) is 5.76 Å². The molecule has 2 aliphatic rings. The fourth-order valence-corrected chi connectivity index (χ4v) is 4.07. The molecule has 0 aliphatic heterocycles. The lowest BCUT2D eigenvalue weighted by Gasteiger charge is -2.34. The zero-order valence-corrected chi connectivity index (χ0v) is 16.2. The highest BCUT2D eigenvalue weighted by atomic mass is 16.4. The number of hydrogen-bond donors (Lipinski definition) is 1. The average molecular weight is 367 g/mol. The van der Waals surface area contributed by atoms with Crippen LogP contribution in [0.1, 0.15) is 72.4 Å². The van der Waals surface area contributed by atoms with E-state index in [-0.39, 0.29) is 5.91 Å². The van der Waals surface area contributed by atoms with E-state index in [1.54, 1.807) is 0 Å². The number of nitrogens with zero attached hydrogens (tertiary/aromatic N) is 1. The van der Waals surface area contributed by atoms with Crippen LogP contribution in [0.3, 0.4) is 0 Å². The van der Waals surface area contributed by atoms with Gasteiger partial charge in [-0.05, 0) is 50.3 Å². The SMILES string of the molecule is Cc1cccc(CN(Cc2ccc(C(=O)NC3CC3)o2)C2CCCCC2)c1. The van der Waals surface area contributed by atoms with Crippen molar-refractivity contribution in [2.45, 2.75) is 77.0 Å². The van der Waals surface area contributed by atoms with Gasteiger partial charge in [0.25, 0.3) is 5.91 Å². The van der Waals surface area contributed by atoms with Crippen molar-refractivity contribution in [3.05, 3.63) is 59.0 Å². The average Bonchev–Trinajstić information content (AvgIpc) is 3.36. The second-order valence-electron chi connectivity index (χ2n) is 8.20. The first-order valence-corrected chi connectivity index (χ1v) is 10.4. The first-order valence-electron chi connectivity index (χ1n) is 10.4. The number of furan rings is 1. The minimum Gasteiger partial charge on any atom is -0.455 e. The van der Waals surface area contributed by atoms with Gasteiger partial charge in [-0.3, -0.25) is 9.69 Å². The maximum atomic E-state index is 12.2. The summed E-state index contributed by atoms with van der Waals surface area (Å²) in [7, 11) is 0. The lowest BCUT2D eigenvalue weighted by Crippen LogP contribution is -2.35. The molecule has 2 saturated carbocycles. The molecular weight excluding hydrogens is 336 g/mol. The molecule has 2 aromatic rings. The fraction of sp³-hybridized carbons (Fsp3) is 0.522. The summed E-state index contributed by atoms with van der Waals surface area (Å²) in [5.41, 5.74) is 2.65. The Bertz CT molecular complexity index is 772. The van der Waals surface area contributed by atoms with Gasteiger partial charge in [0.05, 0.1) is 6.54 Å². The largest absolute Gasteiger partial charge is 0.455 e. The van der Waals surface area contributed by atoms with Crippen molar-refractivity contribution in [1.29, 1.82) is 0 Å². The first-order chi connectivity index (χ1) is 13.2. The molecule has 4 nitrogen and oxygen atoms in total. The molecule has 4 rings (SSSR count). The predicted octanol–water partition coefficient (Wildman–Crippen LogP) is 4.82. The molecule has 1 N–H and O–H groups in total. The van der Waals surface area contributed by atoms with Crippen LogP contribution in [0, 0.1) is 6.92 Å². The maximum Gasteiger partial charge on any atom is 0.287 e. The van der Waals surface area contributed by atoms with Gasteiger partial charge in [0.2, 0.25) is 0 Å². The van der Waals surface area contributed by atoms with Crippen LogP contribution < -0.4 is 5.32 Å². The van der Waals surface area contributed by atoms with Crippen LogP contribution in [0.4, 0.5) is 0 Å². The van der Waals surface area contributed by atoms with Crippen LogP contribution in [0.2, 0.25) is 0 Å². The van der Waals surface area contributed by atoms with Gasteiger partial charge in [-0.1, -0.05) is 49.1 Å². The lowest BCUT2D eigenvalue weighted by atomic mass is 9.93. The normalized spacial score (nSPS) is 18.0. The molecular formula is C23H30N2O2. The molecule has 0 spiro atoms. The molecule has 1 amide bonds. The quantitative estimate of drug-likeness (QED) is 0.764. The van der Waals surface area contributed by atoms with E-state index in [1.807, 2.05) is 12.1 Å². The van der Waals surface area contributed by atoms with Crippen LogP contribution in [-0.2, 0) is 13.1 Å². The van der Waals surface area contributed by atoms with Gasteiger partial charge in [-0.2, -0.15) is 0 Å². The molecule has 0 unspecified atom stereocenters. The van der Waals surface area contributed by atoms with E-state index in [9.17, 15) is 4.79 Å². The number of hydrogen-bond acceptors (Lipinski definition) is 3. The highest BCUT2D eigenvalue weighted by Crippen LogP contribution is 2.26. The maximum absolute atomic E-state index is 12.2. The second-order valence-corrected chi connectivity index (χ2v) is 8.20. The Morgan fingerprint density at radius 1 is 1.07 bits per heavy atom. The Labute approximate surface area is 161 Å². The van der Waals surface area contributed by atoms with Crippen molar-refractivity contribution in [2.24, 2.45) is 0 Å². The zero-order valence-electron chi connectivity index (χ0n) is 16.2. The number of aryl methyl sites for hydroxylation is 1. The third-order valence-electron chi connectivity index (χ3n) is 5.72. The van der Waals surface area contributed by atoms with Crippen molar-refractivity contribution < 1.29 is 9.21 Å². The highest BCUT2D eigenvalue weighted by Gasteiger charge is 2.26. The van der Waals surface area contributed by atoms with E-state index in [2.05, 4.69) is 41.4 Å². The number of carbonyl (C=O) groups is 1. The topological polar surface area (TPSA) is 45.5 Å². The standard InChI is InChI=1S/C23H30N2O2/c1-17-6-5-7-18(14-17)15-25(20-8-3-2-4-9-20)16-21-12-13-22(27-21)23(26)24-19-10-11-19/h5-7,12-14,19-20H,2-4,8-11,15-16H2,1H3,(H,24,26). The smallest absolute Gasteiger partial charge is 0.287 e. The number of benzene rings is 1. The molecule has 144 valence electrons. The summed E-state index contributed by atoms with van der Waals surface area (Å²) in [5, 5.41) is 3.00. The molecule has 0 atom stereocenters. The van der Waals surface area contributed by atoms with Crippen molar-refractivity contribution >= 4 is 5.91 Å². The van der Waals surface area contributed by atoms with Crippen LogP contribution in [-0.4, -0.2) is 22.9 Å². The Hall–Kier alpha value is -2.07. The predicted molar refractivity (Wildman–Crippen MR) is 106 cm³/mol. The molecule has 0 bridgehead atoms. The van der Waals surface area contributed by atoms with Gasteiger partial charge in [0.15, 0.2) is 5.76 Å². The monoisotopic (exact) mass is 366 g/mol. The van der Waals surface area contributed by atoms with Gasteiger partial charge in [0, 0.05) is 18.6 Å². The highest BCUT2D eigenvalue weighted by molar-refractivity contribution is 5.91. The number of rotatable bonds is 7. The van der Waals surface area contributed by atoms with E-state index in [4.69, 9.17) is 4.42 Å². The van der Waals surface area contributed by atoms with E-state index < -0.39 is 0 Å². The summed E-state index contributed by atoms with van der Waals surface area (Å²) in [6, 6.07) is 13.5.